The Kier molecular flexibility index (Phi) is 7.75. The SMILES string of the molecule is CCCc1ccc(C(CCOCC(F)(F)F)NCC)cc1. The van der Waals surface area contributed by atoms with Crippen LogP contribution in [0.3, 0.4) is 0 Å². The minimum absolute atomic E-state index is 0.0268. The first-order valence-corrected chi connectivity index (χ1v) is 7.43. The van der Waals surface area contributed by atoms with Gasteiger partial charge in [0.05, 0.1) is 0 Å². The van der Waals surface area contributed by atoms with Gasteiger partial charge < -0.3 is 10.1 Å². The lowest BCUT2D eigenvalue weighted by Crippen LogP contribution is -2.24. The van der Waals surface area contributed by atoms with Crippen molar-refractivity contribution in [3.63, 3.8) is 0 Å². The summed E-state index contributed by atoms with van der Waals surface area (Å²) in [5.41, 5.74) is 2.37. The molecule has 0 radical (unpaired) electrons. The Hall–Kier alpha value is -1.07. The van der Waals surface area contributed by atoms with Crippen LogP contribution in [0, 0.1) is 0 Å². The fourth-order valence-corrected chi connectivity index (χ4v) is 2.23. The lowest BCUT2D eigenvalue weighted by molar-refractivity contribution is -0.174. The van der Waals surface area contributed by atoms with Gasteiger partial charge in [0.1, 0.15) is 6.61 Å². The van der Waals surface area contributed by atoms with Gasteiger partial charge in [-0.3, -0.25) is 0 Å². The molecule has 1 aromatic carbocycles. The van der Waals surface area contributed by atoms with Crippen molar-refractivity contribution >= 4 is 0 Å². The van der Waals surface area contributed by atoms with Crippen LogP contribution in [0.1, 0.15) is 43.9 Å². The monoisotopic (exact) mass is 303 g/mol. The second kappa shape index (κ2) is 9.05. The number of alkyl halides is 3. The number of hydrogen-bond acceptors (Lipinski definition) is 2. The molecule has 1 aromatic rings. The third kappa shape index (κ3) is 7.48. The van der Waals surface area contributed by atoms with E-state index in [-0.39, 0.29) is 12.6 Å². The zero-order valence-electron chi connectivity index (χ0n) is 12.7. The summed E-state index contributed by atoms with van der Waals surface area (Å²) in [4.78, 5) is 0. The molecular formula is C16H24F3NO. The van der Waals surface area contributed by atoms with E-state index in [4.69, 9.17) is 4.74 Å². The Morgan fingerprint density at radius 2 is 1.81 bits per heavy atom. The van der Waals surface area contributed by atoms with E-state index in [1.807, 2.05) is 19.1 Å². The smallest absolute Gasteiger partial charge is 0.372 e. The first-order chi connectivity index (χ1) is 9.96. The minimum atomic E-state index is -4.25. The van der Waals surface area contributed by atoms with Crippen LogP contribution in [-0.4, -0.2) is 25.9 Å². The number of benzene rings is 1. The zero-order valence-corrected chi connectivity index (χ0v) is 12.7. The molecule has 1 unspecified atom stereocenters. The molecule has 1 rings (SSSR count). The van der Waals surface area contributed by atoms with Crippen LogP contribution >= 0.6 is 0 Å². The molecule has 2 nitrogen and oxygen atoms in total. The van der Waals surface area contributed by atoms with Crippen LogP contribution in [-0.2, 0) is 11.2 Å². The molecule has 1 N–H and O–H groups in total. The van der Waals surface area contributed by atoms with E-state index < -0.39 is 12.8 Å². The Morgan fingerprint density at radius 1 is 1.14 bits per heavy atom. The first kappa shape index (κ1) is 18.0. The average molecular weight is 303 g/mol. The molecule has 5 heteroatoms. The fraction of sp³-hybridized carbons (Fsp3) is 0.625. The average Bonchev–Trinajstić information content (AvgIpc) is 2.42. The van der Waals surface area contributed by atoms with E-state index in [0.717, 1.165) is 24.9 Å². The number of halogens is 3. The Morgan fingerprint density at radius 3 is 2.33 bits per heavy atom. The van der Waals surface area contributed by atoms with Crippen LogP contribution in [0.5, 0.6) is 0 Å². The molecule has 0 saturated heterocycles. The number of ether oxygens (including phenoxy) is 1. The van der Waals surface area contributed by atoms with Crippen molar-refractivity contribution in [3.05, 3.63) is 35.4 Å². The quantitative estimate of drug-likeness (QED) is 0.688. The predicted molar refractivity (Wildman–Crippen MR) is 78.3 cm³/mol. The summed E-state index contributed by atoms with van der Waals surface area (Å²) in [7, 11) is 0. The van der Waals surface area contributed by atoms with E-state index in [1.54, 1.807) is 0 Å². The van der Waals surface area contributed by atoms with Crippen molar-refractivity contribution in [2.75, 3.05) is 19.8 Å². The lowest BCUT2D eigenvalue weighted by atomic mass is 10.0. The summed E-state index contributed by atoms with van der Waals surface area (Å²) in [6.45, 7) is 3.79. The van der Waals surface area contributed by atoms with Crippen LogP contribution in [0.25, 0.3) is 0 Å². The van der Waals surface area contributed by atoms with Crippen molar-refractivity contribution in [2.24, 2.45) is 0 Å². The van der Waals surface area contributed by atoms with Crippen LogP contribution in [0.15, 0.2) is 24.3 Å². The molecule has 120 valence electrons. The Bertz CT molecular complexity index is 390. The number of rotatable bonds is 9. The van der Waals surface area contributed by atoms with Crippen LogP contribution < -0.4 is 5.32 Å². The van der Waals surface area contributed by atoms with E-state index in [0.29, 0.717) is 6.42 Å². The summed E-state index contributed by atoms with van der Waals surface area (Å²) >= 11 is 0. The standard InChI is InChI=1S/C16H24F3NO/c1-3-5-13-6-8-14(9-7-13)15(20-4-2)10-11-21-12-16(17,18)19/h6-9,15,20H,3-5,10-12H2,1-2H3. The van der Waals surface area contributed by atoms with Crippen molar-refractivity contribution in [3.8, 4) is 0 Å². The van der Waals surface area contributed by atoms with E-state index >= 15 is 0 Å². The number of nitrogens with one attached hydrogen (secondary N) is 1. The highest BCUT2D eigenvalue weighted by Crippen LogP contribution is 2.19. The minimum Gasteiger partial charge on any atom is -0.372 e. The molecular weight excluding hydrogens is 279 g/mol. The third-order valence-electron chi connectivity index (χ3n) is 3.19. The summed E-state index contributed by atoms with van der Waals surface area (Å²) in [6, 6.07) is 8.28. The normalized spacial score (nSPS) is 13.4. The summed E-state index contributed by atoms with van der Waals surface area (Å²) in [5, 5.41) is 3.29. The van der Waals surface area contributed by atoms with Crippen molar-refractivity contribution < 1.29 is 17.9 Å². The van der Waals surface area contributed by atoms with Gasteiger partial charge in [0, 0.05) is 12.6 Å². The Labute approximate surface area is 124 Å². The van der Waals surface area contributed by atoms with Gasteiger partial charge in [-0.05, 0) is 30.5 Å². The number of aryl methyl sites for hydroxylation is 1. The maximum atomic E-state index is 12.0. The topological polar surface area (TPSA) is 21.3 Å². The van der Waals surface area contributed by atoms with Gasteiger partial charge in [0.15, 0.2) is 0 Å². The molecule has 1 atom stereocenters. The summed E-state index contributed by atoms with van der Waals surface area (Å²) < 4.78 is 40.8. The molecule has 0 bridgehead atoms. The van der Waals surface area contributed by atoms with Crippen LogP contribution in [0.2, 0.25) is 0 Å². The second-order valence-corrected chi connectivity index (χ2v) is 5.06. The van der Waals surface area contributed by atoms with Gasteiger partial charge in [0.25, 0.3) is 0 Å². The van der Waals surface area contributed by atoms with Gasteiger partial charge >= 0.3 is 6.18 Å². The van der Waals surface area contributed by atoms with Gasteiger partial charge in [-0.1, -0.05) is 44.5 Å². The fourth-order valence-electron chi connectivity index (χ4n) is 2.23. The van der Waals surface area contributed by atoms with E-state index in [2.05, 4.69) is 24.4 Å². The molecule has 0 fully saturated rings. The summed E-state index contributed by atoms with van der Waals surface area (Å²) in [6.07, 6.45) is -1.59. The van der Waals surface area contributed by atoms with Crippen molar-refractivity contribution in [2.45, 2.75) is 45.3 Å². The maximum absolute atomic E-state index is 12.0. The molecule has 0 aromatic heterocycles. The molecule has 0 heterocycles. The molecule has 0 saturated carbocycles. The van der Waals surface area contributed by atoms with Gasteiger partial charge in [-0.25, -0.2) is 0 Å². The van der Waals surface area contributed by atoms with Gasteiger partial charge in [-0.15, -0.1) is 0 Å². The first-order valence-electron chi connectivity index (χ1n) is 7.43. The lowest BCUT2D eigenvalue weighted by Gasteiger charge is -2.19. The highest BCUT2D eigenvalue weighted by molar-refractivity contribution is 5.25. The summed E-state index contributed by atoms with van der Waals surface area (Å²) in [5.74, 6) is 0. The molecule has 0 aliphatic rings. The predicted octanol–water partition coefficient (Wildman–Crippen LogP) is 4.26. The molecule has 0 amide bonds. The van der Waals surface area contributed by atoms with Gasteiger partial charge in [-0.2, -0.15) is 13.2 Å². The molecule has 21 heavy (non-hydrogen) atoms. The third-order valence-corrected chi connectivity index (χ3v) is 3.19. The zero-order chi connectivity index (χ0) is 15.7. The number of hydrogen-bond donors (Lipinski definition) is 1. The highest BCUT2D eigenvalue weighted by atomic mass is 19.4. The van der Waals surface area contributed by atoms with E-state index in [1.165, 1.54) is 5.56 Å². The second-order valence-electron chi connectivity index (χ2n) is 5.06. The maximum Gasteiger partial charge on any atom is 0.411 e. The van der Waals surface area contributed by atoms with Gasteiger partial charge in [0.2, 0.25) is 0 Å². The molecule has 0 aliphatic heterocycles. The highest BCUT2D eigenvalue weighted by Gasteiger charge is 2.27. The Balaban J connectivity index is 2.51. The van der Waals surface area contributed by atoms with E-state index in [9.17, 15) is 13.2 Å². The largest absolute Gasteiger partial charge is 0.411 e. The molecule has 0 aliphatic carbocycles. The van der Waals surface area contributed by atoms with Crippen molar-refractivity contribution in [1.29, 1.82) is 0 Å². The molecule has 0 spiro atoms. The van der Waals surface area contributed by atoms with Crippen molar-refractivity contribution in [1.82, 2.24) is 5.32 Å². The van der Waals surface area contributed by atoms with Crippen LogP contribution in [0.4, 0.5) is 13.2 Å².